The van der Waals surface area contributed by atoms with E-state index in [1.54, 1.807) is 31.3 Å². The van der Waals surface area contributed by atoms with Crippen LogP contribution in [-0.2, 0) is 0 Å². The summed E-state index contributed by atoms with van der Waals surface area (Å²) in [4.78, 5) is 20.9. The van der Waals surface area contributed by atoms with E-state index < -0.39 is 0 Å². The number of pyridine rings is 2. The zero-order valence-electron chi connectivity index (χ0n) is 12.2. The second-order valence-corrected chi connectivity index (χ2v) is 5.15. The molecule has 0 spiro atoms. The van der Waals surface area contributed by atoms with Gasteiger partial charge in [-0.2, -0.15) is 0 Å². The minimum atomic E-state index is -0.378. The summed E-state index contributed by atoms with van der Waals surface area (Å²) in [5, 5.41) is 3.36. The van der Waals surface area contributed by atoms with Crippen molar-refractivity contribution in [3.8, 4) is 0 Å². The van der Waals surface area contributed by atoms with Crippen LogP contribution in [0.1, 0.15) is 21.6 Å². The van der Waals surface area contributed by atoms with E-state index in [4.69, 9.17) is 0 Å². The standard InChI is InChI=1S/C17H14FN3O/c1-10-3-6-16(19-9-10)21-17(22)14-7-11(2)20-15-8-12(18)4-5-13(14)15/h3-9H,1-2H3,(H,19,21,22). The van der Waals surface area contributed by atoms with Crippen molar-refractivity contribution in [2.45, 2.75) is 13.8 Å². The molecule has 0 saturated carbocycles. The zero-order valence-corrected chi connectivity index (χ0v) is 12.2. The Bertz CT molecular complexity index is 854. The van der Waals surface area contributed by atoms with Crippen molar-refractivity contribution in [3.63, 3.8) is 0 Å². The lowest BCUT2D eigenvalue weighted by molar-refractivity contribution is 0.102. The van der Waals surface area contributed by atoms with E-state index in [1.165, 1.54) is 12.1 Å². The number of rotatable bonds is 2. The van der Waals surface area contributed by atoms with Gasteiger partial charge in [-0.25, -0.2) is 9.37 Å². The van der Waals surface area contributed by atoms with Crippen LogP contribution in [0.2, 0.25) is 0 Å². The molecule has 5 heteroatoms. The number of carbonyl (C=O) groups is 1. The largest absolute Gasteiger partial charge is 0.307 e. The summed E-state index contributed by atoms with van der Waals surface area (Å²) in [5.41, 5.74) is 2.57. The fraction of sp³-hybridized carbons (Fsp3) is 0.118. The first kappa shape index (κ1) is 14.1. The molecule has 1 aromatic carbocycles. The maximum Gasteiger partial charge on any atom is 0.257 e. The highest BCUT2D eigenvalue weighted by Crippen LogP contribution is 2.20. The third-order valence-corrected chi connectivity index (χ3v) is 3.30. The van der Waals surface area contributed by atoms with E-state index >= 15 is 0 Å². The van der Waals surface area contributed by atoms with Crippen molar-refractivity contribution in [2.75, 3.05) is 5.32 Å². The highest BCUT2D eigenvalue weighted by molar-refractivity contribution is 6.12. The second-order valence-electron chi connectivity index (χ2n) is 5.15. The molecule has 0 atom stereocenters. The number of aryl methyl sites for hydroxylation is 2. The van der Waals surface area contributed by atoms with E-state index in [0.717, 1.165) is 5.56 Å². The fourth-order valence-corrected chi connectivity index (χ4v) is 2.25. The Kier molecular flexibility index (Phi) is 3.55. The Hall–Kier alpha value is -2.82. The van der Waals surface area contributed by atoms with Gasteiger partial charge in [0, 0.05) is 23.3 Å². The molecule has 0 aliphatic heterocycles. The van der Waals surface area contributed by atoms with Gasteiger partial charge in [0.1, 0.15) is 11.6 Å². The van der Waals surface area contributed by atoms with Crippen molar-refractivity contribution >= 4 is 22.6 Å². The smallest absolute Gasteiger partial charge is 0.257 e. The third-order valence-electron chi connectivity index (χ3n) is 3.30. The number of fused-ring (bicyclic) bond motifs is 1. The predicted molar refractivity (Wildman–Crippen MR) is 83.4 cm³/mol. The monoisotopic (exact) mass is 295 g/mol. The SMILES string of the molecule is Cc1ccc(NC(=O)c2cc(C)nc3cc(F)ccc23)nc1. The van der Waals surface area contributed by atoms with E-state index in [9.17, 15) is 9.18 Å². The van der Waals surface area contributed by atoms with Crippen LogP contribution >= 0.6 is 0 Å². The van der Waals surface area contributed by atoms with Crippen molar-refractivity contribution in [1.82, 2.24) is 9.97 Å². The summed E-state index contributed by atoms with van der Waals surface area (Å²) < 4.78 is 13.3. The topological polar surface area (TPSA) is 54.9 Å². The number of aromatic nitrogens is 2. The maximum absolute atomic E-state index is 13.3. The molecule has 2 aromatic heterocycles. The van der Waals surface area contributed by atoms with Crippen molar-refractivity contribution in [3.05, 3.63) is 65.2 Å². The molecule has 110 valence electrons. The summed E-state index contributed by atoms with van der Waals surface area (Å²) >= 11 is 0. The van der Waals surface area contributed by atoms with Gasteiger partial charge in [0.2, 0.25) is 0 Å². The van der Waals surface area contributed by atoms with Crippen LogP contribution in [0, 0.1) is 19.7 Å². The van der Waals surface area contributed by atoms with Crippen molar-refractivity contribution in [1.29, 1.82) is 0 Å². The third kappa shape index (κ3) is 2.79. The summed E-state index contributed by atoms with van der Waals surface area (Å²) in [7, 11) is 0. The average Bonchev–Trinajstić information content (AvgIpc) is 2.48. The summed E-state index contributed by atoms with van der Waals surface area (Å²) in [6.07, 6.45) is 1.68. The normalized spacial score (nSPS) is 10.7. The van der Waals surface area contributed by atoms with Crippen molar-refractivity contribution in [2.24, 2.45) is 0 Å². The Morgan fingerprint density at radius 1 is 1.14 bits per heavy atom. The fourth-order valence-electron chi connectivity index (χ4n) is 2.25. The van der Waals surface area contributed by atoms with E-state index in [1.807, 2.05) is 13.0 Å². The molecule has 0 fully saturated rings. The maximum atomic E-state index is 13.3. The van der Waals surface area contributed by atoms with Gasteiger partial charge in [-0.05, 0) is 43.7 Å². The van der Waals surface area contributed by atoms with E-state index in [-0.39, 0.29) is 11.7 Å². The summed E-state index contributed by atoms with van der Waals surface area (Å²) in [6, 6.07) is 9.50. The Morgan fingerprint density at radius 2 is 1.95 bits per heavy atom. The van der Waals surface area contributed by atoms with Gasteiger partial charge in [-0.1, -0.05) is 6.07 Å². The lowest BCUT2D eigenvalue weighted by Gasteiger charge is -2.09. The number of carbonyl (C=O) groups excluding carboxylic acids is 1. The Balaban J connectivity index is 2.01. The molecule has 2 heterocycles. The highest BCUT2D eigenvalue weighted by atomic mass is 19.1. The van der Waals surface area contributed by atoms with Gasteiger partial charge < -0.3 is 5.32 Å². The molecule has 0 radical (unpaired) electrons. The number of nitrogens with zero attached hydrogens (tertiary/aromatic N) is 2. The Labute approximate surface area is 127 Å². The van der Waals surface area contributed by atoms with Crippen LogP contribution < -0.4 is 5.32 Å². The van der Waals surface area contributed by atoms with E-state index in [2.05, 4.69) is 15.3 Å². The van der Waals surface area contributed by atoms with Gasteiger partial charge in [0.05, 0.1) is 11.1 Å². The number of anilines is 1. The lowest BCUT2D eigenvalue weighted by atomic mass is 10.1. The van der Waals surface area contributed by atoms with Crippen LogP contribution in [0.3, 0.4) is 0 Å². The number of hydrogen-bond acceptors (Lipinski definition) is 3. The average molecular weight is 295 g/mol. The Morgan fingerprint density at radius 3 is 2.68 bits per heavy atom. The summed E-state index contributed by atoms with van der Waals surface area (Å²) in [5.74, 6) is -0.198. The van der Waals surface area contributed by atoms with Crippen LogP contribution in [0.15, 0.2) is 42.6 Å². The number of halogens is 1. The quantitative estimate of drug-likeness (QED) is 0.785. The molecule has 0 aliphatic carbocycles. The highest BCUT2D eigenvalue weighted by Gasteiger charge is 2.13. The van der Waals surface area contributed by atoms with Crippen LogP contribution in [0.4, 0.5) is 10.2 Å². The van der Waals surface area contributed by atoms with Gasteiger partial charge >= 0.3 is 0 Å². The molecule has 0 bridgehead atoms. The molecule has 0 saturated heterocycles. The molecular weight excluding hydrogens is 281 g/mol. The first-order chi connectivity index (χ1) is 10.5. The molecule has 1 N–H and O–H groups in total. The number of hydrogen-bond donors (Lipinski definition) is 1. The van der Waals surface area contributed by atoms with Gasteiger partial charge in [-0.15, -0.1) is 0 Å². The molecule has 22 heavy (non-hydrogen) atoms. The van der Waals surface area contributed by atoms with Gasteiger partial charge in [-0.3, -0.25) is 9.78 Å². The molecule has 1 amide bonds. The zero-order chi connectivity index (χ0) is 15.7. The van der Waals surface area contributed by atoms with Crippen LogP contribution in [0.25, 0.3) is 10.9 Å². The van der Waals surface area contributed by atoms with Crippen LogP contribution in [0.5, 0.6) is 0 Å². The molecule has 3 aromatic rings. The second kappa shape index (κ2) is 5.52. The van der Waals surface area contributed by atoms with Crippen LogP contribution in [-0.4, -0.2) is 15.9 Å². The van der Waals surface area contributed by atoms with Gasteiger partial charge in [0.25, 0.3) is 5.91 Å². The molecule has 0 aliphatic rings. The number of benzene rings is 1. The first-order valence-electron chi connectivity index (χ1n) is 6.84. The minimum absolute atomic E-state index is 0.293. The predicted octanol–water partition coefficient (Wildman–Crippen LogP) is 3.64. The molecule has 4 nitrogen and oxygen atoms in total. The summed E-state index contributed by atoms with van der Waals surface area (Å²) in [6.45, 7) is 3.69. The molecule has 3 rings (SSSR count). The first-order valence-corrected chi connectivity index (χ1v) is 6.84. The number of nitrogens with one attached hydrogen (secondary N) is 1. The van der Waals surface area contributed by atoms with E-state index in [0.29, 0.717) is 28.0 Å². The number of amides is 1. The van der Waals surface area contributed by atoms with Gasteiger partial charge in [0.15, 0.2) is 0 Å². The molecular formula is C17H14FN3O. The van der Waals surface area contributed by atoms with Crippen molar-refractivity contribution < 1.29 is 9.18 Å². The minimum Gasteiger partial charge on any atom is -0.307 e. The molecule has 0 unspecified atom stereocenters. The lowest BCUT2D eigenvalue weighted by Crippen LogP contribution is -2.14.